The smallest absolute Gasteiger partial charge is 0.336 e. The second kappa shape index (κ2) is 4.64. The Morgan fingerprint density at radius 2 is 1.95 bits per heavy atom. The predicted molar refractivity (Wildman–Crippen MR) is 74.3 cm³/mol. The van der Waals surface area contributed by atoms with Gasteiger partial charge in [0.15, 0.2) is 0 Å². The van der Waals surface area contributed by atoms with Crippen LogP contribution in [0.5, 0.6) is 0 Å². The highest BCUT2D eigenvalue weighted by atomic mass is 16.4. The molecule has 1 fully saturated rings. The van der Waals surface area contributed by atoms with Crippen molar-refractivity contribution in [1.82, 2.24) is 0 Å². The number of rotatable bonds is 1. The van der Waals surface area contributed by atoms with E-state index in [9.17, 15) is 9.90 Å². The Bertz CT molecular complexity index is 503. The summed E-state index contributed by atoms with van der Waals surface area (Å²) in [6.07, 6.45) is 8.23. The lowest BCUT2D eigenvalue weighted by Crippen LogP contribution is -2.37. The van der Waals surface area contributed by atoms with Crippen molar-refractivity contribution in [3.05, 3.63) is 34.9 Å². The molecule has 0 radical (unpaired) electrons. The molecule has 102 valence electrons. The Morgan fingerprint density at radius 1 is 1.21 bits per heavy atom. The SMILES string of the molecule is NC1CCC2(CCCCC2)c2cccc(C(=O)O)c21. The summed E-state index contributed by atoms with van der Waals surface area (Å²) >= 11 is 0. The van der Waals surface area contributed by atoms with Gasteiger partial charge in [-0.1, -0.05) is 31.4 Å². The maximum Gasteiger partial charge on any atom is 0.336 e. The zero-order valence-electron chi connectivity index (χ0n) is 11.2. The van der Waals surface area contributed by atoms with Crippen LogP contribution in [0, 0.1) is 0 Å². The third-order valence-corrected chi connectivity index (χ3v) is 5.02. The van der Waals surface area contributed by atoms with Crippen LogP contribution in [0.3, 0.4) is 0 Å². The van der Waals surface area contributed by atoms with E-state index in [0.717, 1.165) is 18.4 Å². The molecule has 2 aliphatic rings. The van der Waals surface area contributed by atoms with Crippen molar-refractivity contribution in [2.24, 2.45) is 5.73 Å². The van der Waals surface area contributed by atoms with Gasteiger partial charge in [-0.05, 0) is 48.3 Å². The zero-order chi connectivity index (χ0) is 13.5. The first-order chi connectivity index (χ1) is 9.14. The fourth-order valence-electron chi connectivity index (χ4n) is 4.07. The molecule has 0 heterocycles. The Balaban J connectivity index is 2.15. The Labute approximate surface area is 113 Å². The van der Waals surface area contributed by atoms with Crippen LogP contribution in [0.1, 0.15) is 72.5 Å². The van der Waals surface area contributed by atoms with E-state index in [1.807, 2.05) is 6.07 Å². The quantitative estimate of drug-likeness (QED) is 0.812. The van der Waals surface area contributed by atoms with Gasteiger partial charge in [0.05, 0.1) is 5.56 Å². The molecule has 1 unspecified atom stereocenters. The van der Waals surface area contributed by atoms with Crippen LogP contribution in [0.2, 0.25) is 0 Å². The molecule has 1 atom stereocenters. The van der Waals surface area contributed by atoms with Crippen molar-refractivity contribution in [2.75, 3.05) is 0 Å². The summed E-state index contributed by atoms with van der Waals surface area (Å²) in [6.45, 7) is 0. The molecule has 3 heteroatoms. The minimum atomic E-state index is -0.847. The first-order valence-electron chi connectivity index (χ1n) is 7.26. The molecule has 0 saturated heterocycles. The average molecular weight is 259 g/mol. The summed E-state index contributed by atoms with van der Waals surface area (Å²) < 4.78 is 0. The molecule has 19 heavy (non-hydrogen) atoms. The van der Waals surface area contributed by atoms with E-state index < -0.39 is 5.97 Å². The highest BCUT2D eigenvalue weighted by molar-refractivity contribution is 5.90. The molecule has 0 aliphatic heterocycles. The monoisotopic (exact) mass is 259 g/mol. The Hall–Kier alpha value is -1.35. The summed E-state index contributed by atoms with van der Waals surface area (Å²) in [4.78, 5) is 11.4. The van der Waals surface area contributed by atoms with Crippen molar-refractivity contribution in [3.8, 4) is 0 Å². The topological polar surface area (TPSA) is 63.3 Å². The van der Waals surface area contributed by atoms with Gasteiger partial charge in [-0.2, -0.15) is 0 Å². The van der Waals surface area contributed by atoms with E-state index >= 15 is 0 Å². The van der Waals surface area contributed by atoms with Crippen LogP contribution in [0.15, 0.2) is 18.2 Å². The number of fused-ring (bicyclic) bond motifs is 2. The largest absolute Gasteiger partial charge is 0.478 e. The molecule has 3 N–H and O–H groups in total. The van der Waals surface area contributed by atoms with Gasteiger partial charge >= 0.3 is 5.97 Å². The molecule has 1 saturated carbocycles. The number of hydrogen-bond donors (Lipinski definition) is 2. The third-order valence-electron chi connectivity index (χ3n) is 5.02. The second-order valence-corrected chi connectivity index (χ2v) is 6.06. The van der Waals surface area contributed by atoms with E-state index in [2.05, 4.69) is 6.07 Å². The molecule has 0 amide bonds. The molecule has 0 bridgehead atoms. The number of hydrogen-bond acceptors (Lipinski definition) is 2. The molecule has 3 nitrogen and oxygen atoms in total. The van der Waals surface area contributed by atoms with Crippen molar-refractivity contribution >= 4 is 5.97 Å². The van der Waals surface area contributed by atoms with E-state index in [1.54, 1.807) is 6.07 Å². The van der Waals surface area contributed by atoms with Crippen LogP contribution < -0.4 is 5.73 Å². The fraction of sp³-hybridized carbons (Fsp3) is 0.562. The lowest BCUT2D eigenvalue weighted by Gasteiger charge is -2.44. The van der Waals surface area contributed by atoms with Crippen molar-refractivity contribution in [2.45, 2.75) is 56.4 Å². The summed E-state index contributed by atoms with van der Waals surface area (Å²) in [5.41, 5.74) is 8.96. The fourth-order valence-corrected chi connectivity index (χ4v) is 4.07. The number of carbonyl (C=O) groups is 1. The van der Waals surface area contributed by atoms with Crippen molar-refractivity contribution in [1.29, 1.82) is 0 Å². The maximum atomic E-state index is 11.4. The van der Waals surface area contributed by atoms with Gasteiger partial charge in [-0.25, -0.2) is 4.79 Å². The molecule has 1 aromatic carbocycles. The molecule has 3 rings (SSSR count). The summed E-state index contributed by atoms with van der Waals surface area (Å²) in [5.74, 6) is -0.847. The minimum Gasteiger partial charge on any atom is -0.478 e. The number of nitrogens with two attached hydrogens (primary N) is 1. The van der Waals surface area contributed by atoms with E-state index in [4.69, 9.17) is 5.73 Å². The third kappa shape index (κ3) is 1.96. The molecule has 2 aliphatic carbocycles. The van der Waals surface area contributed by atoms with Gasteiger partial charge in [0.2, 0.25) is 0 Å². The Kier molecular flexibility index (Phi) is 3.09. The van der Waals surface area contributed by atoms with Gasteiger partial charge in [-0.15, -0.1) is 0 Å². The first-order valence-corrected chi connectivity index (χ1v) is 7.26. The summed E-state index contributed by atoms with van der Waals surface area (Å²) in [5, 5.41) is 9.39. The second-order valence-electron chi connectivity index (χ2n) is 6.06. The lowest BCUT2D eigenvalue weighted by atomic mass is 9.61. The zero-order valence-corrected chi connectivity index (χ0v) is 11.2. The summed E-state index contributed by atoms with van der Waals surface area (Å²) in [7, 11) is 0. The van der Waals surface area contributed by atoms with Crippen LogP contribution in [-0.2, 0) is 5.41 Å². The first kappa shape index (κ1) is 12.7. The molecular formula is C16H21NO2. The highest BCUT2D eigenvalue weighted by Gasteiger charge is 2.40. The van der Waals surface area contributed by atoms with Gasteiger partial charge in [0.25, 0.3) is 0 Å². The molecule has 1 aromatic rings. The van der Waals surface area contributed by atoms with E-state index in [0.29, 0.717) is 5.56 Å². The number of benzene rings is 1. The molecule has 1 spiro atoms. The number of carboxylic acid groups (broad SMARTS) is 1. The normalized spacial score (nSPS) is 25.0. The van der Waals surface area contributed by atoms with Gasteiger partial charge in [0.1, 0.15) is 0 Å². The summed E-state index contributed by atoms with van der Waals surface area (Å²) in [6, 6.07) is 5.58. The average Bonchev–Trinajstić information content (AvgIpc) is 2.44. The molecular weight excluding hydrogens is 238 g/mol. The van der Waals surface area contributed by atoms with Crippen LogP contribution in [-0.4, -0.2) is 11.1 Å². The predicted octanol–water partition coefficient (Wildman–Crippen LogP) is 3.38. The van der Waals surface area contributed by atoms with Gasteiger partial charge in [0, 0.05) is 6.04 Å². The van der Waals surface area contributed by atoms with Crippen molar-refractivity contribution in [3.63, 3.8) is 0 Å². The Morgan fingerprint density at radius 3 is 2.63 bits per heavy atom. The van der Waals surface area contributed by atoms with Gasteiger partial charge in [-0.3, -0.25) is 0 Å². The van der Waals surface area contributed by atoms with Crippen molar-refractivity contribution < 1.29 is 9.90 Å². The van der Waals surface area contributed by atoms with Gasteiger partial charge < -0.3 is 10.8 Å². The van der Waals surface area contributed by atoms with E-state index in [1.165, 1.54) is 37.7 Å². The minimum absolute atomic E-state index is 0.116. The lowest BCUT2D eigenvalue weighted by molar-refractivity contribution is 0.0693. The van der Waals surface area contributed by atoms with Crippen LogP contribution in [0.4, 0.5) is 0 Å². The number of aromatic carboxylic acids is 1. The highest BCUT2D eigenvalue weighted by Crippen LogP contribution is 2.50. The molecule has 0 aromatic heterocycles. The maximum absolute atomic E-state index is 11.4. The van der Waals surface area contributed by atoms with E-state index in [-0.39, 0.29) is 11.5 Å². The van der Waals surface area contributed by atoms with Crippen LogP contribution in [0.25, 0.3) is 0 Å². The standard InChI is InChI=1S/C16H21NO2/c17-13-7-10-16(8-2-1-3-9-16)12-6-4-5-11(14(12)13)15(18)19/h4-6,13H,1-3,7-10,17H2,(H,18,19). The number of carboxylic acids is 1. The van der Waals surface area contributed by atoms with Crippen LogP contribution >= 0.6 is 0 Å².